The van der Waals surface area contributed by atoms with Crippen LogP contribution in [0.4, 0.5) is 18.9 Å². The fourth-order valence-corrected chi connectivity index (χ4v) is 2.24. The van der Waals surface area contributed by atoms with Gasteiger partial charge in [0, 0.05) is 18.8 Å². The van der Waals surface area contributed by atoms with Crippen LogP contribution in [-0.2, 0) is 22.3 Å². The molecule has 1 amide bonds. The Morgan fingerprint density at radius 3 is 2.64 bits per heavy atom. The van der Waals surface area contributed by atoms with Crippen molar-refractivity contribution in [3.05, 3.63) is 29.3 Å². The minimum atomic E-state index is -4.47. The molecule has 124 valence electrons. The summed E-state index contributed by atoms with van der Waals surface area (Å²) in [6.07, 6.45) is -3.03. The molecule has 3 N–H and O–H groups in total. The second-order valence-corrected chi connectivity index (χ2v) is 5.02. The van der Waals surface area contributed by atoms with Gasteiger partial charge >= 0.3 is 6.18 Å². The molecule has 1 aromatic carbocycles. The third kappa shape index (κ3) is 4.86. The highest BCUT2D eigenvalue weighted by atomic mass is 35.5. The van der Waals surface area contributed by atoms with Gasteiger partial charge in [0.15, 0.2) is 0 Å². The van der Waals surface area contributed by atoms with Crippen LogP contribution < -0.4 is 11.1 Å². The van der Waals surface area contributed by atoms with Gasteiger partial charge in [-0.2, -0.15) is 13.2 Å². The number of carbonyl (C=O) groups excluding carboxylic acids is 1. The third-order valence-electron chi connectivity index (χ3n) is 3.35. The Morgan fingerprint density at radius 1 is 1.36 bits per heavy atom. The van der Waals surface area contributed by atoms with E-state index in [0.717, 1.165) is 18.6 Å². The first-order valence-corrected chi connectivity index (χ1v) is 6.70. The summed E-state index contributed by atoms with van der Waals surface area (Å²) in [5, 5.41) is 2.52. The monoisotopic (exact) mass is 338 g/mol. The largest absolute Gasteiger partial charge is 0.416 e. The molecule has 1 aliphatic rings. The van der Waals surface area contributed by atoms with Crippen LogP contribution in [0.15, 0.2) is 18.2 Å². The molecule has 1 aliphatic heterocycles. The molecule has 1 saturated heterocycles. The normalized spacial score (nSPS) is 18.5. The van der Waals surface area contributed by atoms with E-state index in [1.807, 2.05) is 0 Å². The van der Waals surface area contributed by atoms with E-state index in [0.29, 0.717) is 25.2 Å². The molecular weight excluding hydrogens is 321 g/mol. The molecule has 1 atom stereocenters. The highest BCUT2D eigenvalue weighted by Gasteiger charge is 2.31. The quantitative estimate of drug-likeness (QED) is 0.890. The van der Waals surface area contributed by atoms with E-state index in [-0.39, 0.29) is 36.5 Å². The second-order valence-electron chi connectivity index (χ2n) is 5.02. The number of ether oxygens (including phenoxy) is 1. The van der Waals surface area contributed by atoms with Crippen molar-refractivity contribution in [1.82, 2.24) is 0 Å². The number of rotatable bonds is 3. The maximum Gasteiger partial charge on any atom is 0.416 e. The summed E-state index contributed by atoms with van der Waals surface area (Å²) < 4.78 is 43.6. The smallest absolute Gasteiger partial charge is 0.381 e. The van der Waals surface area contributed by atoms with Crippen molar-refractivity contribution in [2.75, 3.05) is 18.5 Å². The first-order chi connectivity index (χ1) is 9.90. The van der Waals surface area contributed by atoms with E-state index in [1.54, 1.807) is 0 Å². The topological polar surface area (TPSA) is 64.3 Å². The number of carbonyl (C=O) groups is 1. The Kier molecular flexibility index (Phi) is 6.65. The Morgan fingerprint density at radius 2 is 2.09 bits per heavy atom. The molecule has 1 unspecified atom stereocenters. The zero-order valence-corrected chi connectivity index (χ0v) is 12.6. The fourth-order valence-electron chi connectivity index (χ4n) is 2.24. The van der Waals surface area contributed by atoms with Crippen molar-refractivity contribution in [1.29, 1.82) is 0 Å². The molecule has 0 spiro atoms. The van der Waals surface area contributed by atoms with Crippen LogP contribution in [0.5, 0.6) is 0 Å². The predicted molar refractivity (Wildman–Crippen MR) is 78.8 cm³/mol. The number of nitrogens with one attached hydrogen (secondary N) is 1. The first kappa shape index (κ1) is 18.7. The molecular formula is C14H18ClF3N2O2. The molecule has 8 heteroatoms. The van der Waals surface area contributed by atoms with Crippen LogP contribution >= 0.6 is 12.4 Å². The summed E-state index contributed by atoms with van der Waals surface area (Å²) in [5.41, 5.74) is 5.02. The predicted octanol–water partition coefficient (Wildman–Crippen LogP) is 2.95. The molecule has 0 aliphatic carbocycles. The lowest BCUT2D eigenvalue weighted by molar-refractivity contribution is -0.137. The van der Waals surface area contributed by atoms with Crippen LogP contribution in [0.3, 0.4) is 0 Å². The number of benzene rings is 1. The van der Waals surface area contributed by atoms with Gasteiger partial charge in [0.1, 0.15) is 0 Å². The van der Waals surface area contributed by atoms with Crippen LogP contribution in [0, 0.1) is 5.92 Å². The summed E-state index contributed by atoms with van der Waals surface area (Å²) in [6.45, 7) is 0.887. The second kappa shape index (κ2) is 7.80. The zero-order valence-electron chi connectivity index (χ0n) is 11.8. The lowest BCUT2D eigenvalue weighted by Crippen LogP contribution is -2.30. The Hall–Kier alpha value is -1.31. The Labute approximate surface area is 132 Å². The molecule has 2 rings (SSSR count). The van der Waals surface area contributed by atoms with E-state index < -0.39 is 11.7 Å². The van der Waals surface area contributed by atoms with Gasteiger partial charge in [0.2, 0.25) is 5.91 Å². The minimum Gasteiger partial charge on any atom is -0.381 e. The van der Waals surface area contributed by atoms with Crippen molar-refractivity contribution in [2.24, 2.45) is 11.7 Å². The summed E-state index contributed by atoms with van der Waals surface area (Å²) in [6, 6.07) is 3.36. The molecule has 1 aromatic rings. The van der Waals surface area contributed by atoms with E-state index in [1.165, 1.54) is 6.07 Å². The lowest BCUT2D eigenvalue weighted by Gasteiger charge is -2.21. The van der Waals surface area contributed by atoms with Gasteiger partial charge in [0.05, 0.1) is 18.1 Å². The minimum absolute atomic E-state index is 0. The average molecular weight is 339 g/mol. The van der Waals surface area contributed by atoms with E-state index in [2.05, 4.69) is 5.32 Å². The molecule has 4 nitrogen and oxygen atoms in total. The van der Waals surface area contributed by atoms with Crippen molar-refractivity contribution in [3.8, 4) is 0 Å². The van der Waals surface area contributed by atoms with Gasteiger partial charge in [-0.3, -0.25) is 4.79 Å². The fraction of sp³-hybridized carbons (Fsp3) is 0.500. The van der Waals surface area contributed by atoms with Gasteiger partial charge in [0.25, 0.3) is 0 Å². The average Bonchev–Trinajstić information content (AvgIpc) is 2.46. The molecule has 0 bridgehead atoms. The number of nitrogens with two attached hydrogens (primary N) is 1. The molecule has 0 radical (unpaired) electrons. The first-order valence-electron chi connectivity index (χ1n) is 6.70. The van der Waals surface area contributed by atoms with Crippen LogP contribution in [0.25, 0.3) is 0 Å². The van der Waals surface area contributed by atoms with E-state index in [9.17, 15) is 18.0 Å². The summed E-state index contributed by atoms with van der Waals surface area (Å²) in [4.78, 5) is 12.0. The number of halogens is 4. The third-order valence-corrected chi connectivity index (χ3v) is 3.35. The highest BCUT2D eigenvalue weighted by Crippen LogP contribution is 2.32. The van der Waals surface area contributed by atoms with Gasteiger partial charge in [-0.1, -0.05) is 0 Å². The number of alkyl halides is 3. The molecule has 22 heavy (non-hydrogen) atoms. The standard InChI is InChI=1S/C14H17F3N2O2.ClH/c15-14(16,17)11-4-9(7-18)5-12(6-11)19-13(20)10-2-1-3-21-8-10;/h4-6,10H,1-3,7-8,18H2,(H,19,20);1H. The van der Waals surface area contributed by atoms with Gasteiger partial charge in [-0.05, 0) is 36.6 Å². The zero-order chi connectivity index (χ0) is 15.5. The Bertz CT molecular complexity index is 517. The molecule has 1 fully saturated rings. The van der Waals surface area contributed by atoms with E-state index >= 15 is 0 Å². The van der Waals surface area contributed by atoms with Crippen molar-refractivity contribution >= 4 is 24.0 Å². The molecule has 1 heterocycles. The van der Waals surface area contributed by atoms with Crippen LogP contribution in [-0.4, -0.2) is 19.1 Å². The summed E-state index contributed by atoms with van der Waals surface area (Å²) >= 11 is 0. The molecule has 0 aromatic heterocycles. The van der Waals surface area contributed by atoms with Gasteiger partial charge in [-0.15, -0.1) is 12.4 Å². The van der Waals surface area contributed by atoms with Gasteiger partial charge in [-0.25, -0.2) is 0 Å². The maximum absolute atomic E-state index is 12.8. The molecule has 0 saturated carbocycles. The number of hydrogen-bond acceptors (Lipinski definition) is 3. The number of hydrogen-bond donors (Lipinski definition) is 2. The summed E-state index contributed by atoms with van der Waals surface area (Å²) in [7, 11) is 0. The Balaban J connectivity index is 0.00000242. The van der Waals surface area contributed by atoms with Crippen molar-refractivity contribution < 1.29 is 22.7 Å². The van der Waals surface area contributed by atoms with Crippen LogP contribution in [0.1, 0.15) is 24.0 Å². The number of amides is 1. The maximum atomic E-state index is 12.8. The summed E-state index contributed by atoms with van der Waals surface area (Å²) in [5.74, 6) is -0.647. The van der Waals surface area contributed by atoms with E-state index in [4.69, 9.17) is 10.5 Å². The van der Waals surface area contributed by atoms with Crippen molar-refractivity contribution in [3.63, 3.8) is 0 Å². The van der Waals surface area contributed by atoms with Crippen molar-refractivity contribution in [2.45, 2.75) is 25.6 Å². The van der Waals surface area contributed by atoms with Crippen LogP contribution in [0.2, 0.25) is 0 Å². The number of anilines is 1. The highest BCUT2D eigenvalue weighted by molar-refractivity contribution is 5.92. The van der Waals surface area contributed by atoms with Gasteiger partial charge < -0.3 is 15.8 Å². The lowest BCUT2D eigenvalue weighted by atomic mass is 10.0. The SMILES string of the molecule is Cl.NCc1cc(NC(=O)C2CCCOC2)cc(C(F)(F)F)c1.